The molecular weight excluding hydrogens is 340 g/mol. The molecule has 0 aliphatic rings. The second-order valence-corrected chi connectivity index (χ2v) is 5.01. The molecule has 2 rings (SSSR count). The van der Waals surface area contributed by atoms with Crippen LogP contribution in [0.25, 0.3) is 0 Å². The zero-order valence-corrected chi connectivity index (χ0v) is 12.9. The third kappa shape index (κ3) is 3.82. The molecule has 0 radical (unpaired) electrons. The number of phenols is 1. The van der Waals surface area contributed by atoms with Gasteiger partial charge in [-0.2, -0.15) is 5.10 Å². The highest BCUT2D eigenvalue weighted by molar-refractivity contribution is 9.10. The van der Waals surface area contributed by atoms with E-state index < -0.39 is 0 Å². The van der Waals surface area contributed by atoms with Crippen molar-refractivity contribution in [3.63, 3.8) is 0 Å². The van der Waals surface area contributed by atoms with Gasteiger partial charge in [-0.25, -0.2) is 10.4 Å². The van der Waals surface area contributed by atoms with Crippen molar-refractivity contribution in [2.24, 2.45) is 5.10 Å². The normalized spacial score (nSPS) is 10.8. The van der Waals surface area contributed by atoms with Crippen molar-refractivity contribution in [1.29, 1.82) is 0 Å². The van der Waals surface area contributed by atoms with E-state index >= 15 is 0 Å². The Kier molecular flexibility index (Phi) is 4.59. The number of aromatic amines is 1. The predicted octanol–water partition coefficient (Wildman–Crippen LogP) is 2.00. The molecule has 0 aliphatic carbocycles. The van der Waals surface area contributed by atoms with Crippen molar-refractivity contribution in [2.45, 2.75) is 6.92 Å². The highest BCUT2D eigenvalue weighted by Crippen LogP contribution is 2.31. The summed E-state index contributed by atoms with van der Waals surface area (Å²) in [7, 11) is 1.47. The molecule has 0 spiro atoms. The summed E-state index contributed by atoms with van der Waals surface area (Å²) < 4.78 is 5.69. The minimum absolute atomic E-state index is 0.00392. The van der Waals surface area contributed by atoms with E-state index in [2.05, 4.69) is 36.4 Å². The number of phenolic OH excluding ortho intramolecular Hbond substituents is 1. The van der Waals surface area contributed by atoms with Gasteiger partial charge in [0.05, 0.1) is 13.3 Å². The van der Waals surface area contributed by atoms with Crippen LogP contribution in [0.1, 0.15) is 11.3 Å². The molecule has 7 nitrogen and oxygen atoms in total. The van der Waals surface area contributed by atoms with Gasteiger partial charge in [0.2, 0.25) is 5.95 Å². The van der Waals surface area contributed by atoms with Gasteiger partial charge < -0.3 is 9.84 Å². The lowest BCUT2D eigenvalue weighted by atomic mass is 10.2. The number of aryl methyl sites for hydroxylation is 1. The number of anilines is 1. The molecule has 1 heterocycles. The van der Waals surface area contributed by atoms with Crippen LogP contribution in [0.5, 0.6) is 11.5 Å². The number of ether oxygens (including phenoxy) is 1. The van der Waals surface area contributed by atoms with Crippen LogP contribution in [-0.2, 0) is 0 Å². The van der Waals surface area contributed by atoms with Gasteiger partial charge in [-0.1, -0.05) is 0 Å². The molecule has 0 bridgehead atoms. The predicted molar refractivity (Wildman–Crippen MR) is 83.2 cm³/mol. The number of aromatic nitrogens is 2. The first kappa shape index (κ1) is 15.0. The number of hydrazone groups is 1. The van der Waals surface area contributed by atoms with Gasteiger partial charge in [-0.3, -0.25) is 9.78 Å². The number of halogens is 1. The number of nitrogens with one attached hydrogen (secondary N) is 2. The molecule has 8 heteroatoms. The van der Waals surface area contributed by atoms with Crippen molar-refractivity contribution in [2.75, 3.05) is 12.5 Å². The van der Waals surface area contributed by atoms with Crippen molar-refractivity contribution in [1.82, 2.24) is 9.97 Å². The third-order valence-electron chi connectivity index (χ3n) is 2.54. The third-order valence-corrected chi connectivity index (χ3v) is 3.23. The van der Waals surface area contributed by atoms with Gasteiger partial charge in [-0.05, 0) is 35.0 Å². The number of benzene rings is 1. The molecule has 0 fully saturated rings. The van der Waals surface area contributed by atoms with Gasteiger partial charge >= 0.3 is 0 Å². The maximum atomic E-state index is 11.3. The zero-order valence-electron chi connectivity index (χ0n) is 11.3. The minimum Gasteiger partial charge on any atom is -0.504 e. The van der Waals surface area contributed by atoms with Crippen molar-refractivity contribution in [3.8, 4) is 11.5 Å². The first-order valence-electron chi connectivity index (χ1n) is 5.93. The highest BCUT2D eigenvalue weighted by Gasteiger charge is 2.06. The summed E-state index contributed by atoms with van der Waals surface area (Å²) in [5.74, 6) is 0.603. The summed E-state index contributed by atoms with van der Waals surface area (Å²) in [5.41, 5.74) is 3.58. The van der Waals surface area contributed by atoms with Gasteiger partial charge in [-0.15, -0.1) is 0 Å². The molecule has 1 aromatic heterocycles. The summed E-state index contributed by atoms with van der Waals surface area (Å²) in [4.78, 5) is 17.8. The number of rotatable bonds is 4. The molecular formula is C13H13BrN4O3. The van der Waals surface area contributed by atoms with Crippen LogP contribution < -0.4 is 15.7 Å². The van der Waals surface area contributed by atoms with Crippen molar-refractivity contribution >= 4 is 28.1 Å². The van der Waals surface area contributed by atoms with Crippen LogP contribution in [-0.4, -0.2) is 28.4 Å². The van der Waals surface area contributed by atoms with Gasteiger partial charge in [0.1, 0.15) is 0 Å². The van der Waals surface area contributed by atoms with Crippen LogP contribution in [0.3, 0.4) is 0 Å². The Bertz CT molecular complexity index is 743. The van der Waals surface area contributed by atoms with E-state index in [4.69, 9.17) is 4.74 Å². The van der Waals surface area contributed by atoms with E-state index in [0.717, 1.165) is 0 Å². The summed E-state index contributed by atoms with van der Waals surface area (Å²) in [6.07, 6.45) is 1.48. The topological polar surface area (TPSA) is 99.6 Å². The number of aromatic hydroxyl groups is 1. The molecule has 0 amide bonds. The molecule has 0 aliphatic heterocycles. The lowest BCUT2D eigenvalue weighted by Gasteiger charge is -2.06. The molecule has 21 heavy (non-hydrogen) atoms. The average Bonchev–Trinajstić information content (AvgIpc) is 2.41. The fourth-order valence-corrected chi connectivity index (χ4v) is 2.04. The number of H-pyrrole nitrogens is 1. The van der Waals surface area contributed by atoms with E-state index in [1.54, 1.807) is 13.0 Å². The van der Waals surface area contributed by atoms with Crippen LogP contribution in [0.15, 0.2) is 32.6 Å². The zero-order chi connectivity index (χ0) is 15.4. The molecule has 3 N–H and O–H groups in total. The molecule has 0 unspecified atom stereocenters. The van der Waals surface area contributed by atoms with Gasteiger partial charge in [0, 0.05) is 21.8 Å². The van der Waals surface area contributed by atoms with Crippen LogP contribution in [0.4, 0.5) is 5.95 Å². The standard InChI is InChI=1S/C13H13BrN4O3/c1-7-3-12(20)17-13(16-7)18-15-6-8-4-10(19)11(21-2)5-9(8)14/h3-6,19H,1-2H3,(H2,16,17,18,20)/b15-6-. The van der Waals surface area contributed by atoms with Gasteiger partial charge in [0.25, 0.3) is 5.56 Å². The average molecular weight is 353 g/mol. The Balaban J connectivity index is 2.18. The highest BCUT2D eigenvalue weighted by atomic mass is 79.9. The number of nitrogens with zero attached hydrogens (tertiary/aromatic N) is 2. The summed E-state index contributed by atoms with van der Waals surface area (Å²) in [5, 5.41) is 13.7. The van der Waals surface area contributed by atoms with E-state index in [1.165, 1.54) is 25.5 Å². The second-order valence-electron chi connectivity index (χ2n) is 4.15. The van der Waals surface area contributed by atoms with Gasteiger partial charge in [0.15, 0.2) is 11.5 Å². The lowest BCUT2D eigenvalue weighted by molar-refractivity contribution is 0.373. The van der Waals surface area contributed by atoms with Crippen molar-refractivity contribution < 1.29 is 9.84 Å². The molecule has 110 valence electrons. The SMILES string of the molecule is COc1cc(Br)c(/C=N\Nc2nc(C)cc(=O)[nH]2)cc1O. The van der Waals surface area contributed by atoms with E-state index in [1.807, 2.05) is 0 Å². The summed E-state index contributed by atoms with van der Waals surface area (Å²) in [6, 6.07) is 4.51. The van der Waals surface area contributed by atoms with Crippen molar-refractivity contribution in [3.05, 3.63) is 44.3 Å². The molecule has 0 saturated carbocycles. The monoisotopic (exact) mass is 352 g/mol. The number of methoxy groups -OCH3 is 1. The largest absolute Gasteiger partial charge is 0.504 e. The number of hydrogen-bond acceptors (Lipinski definition) is 6. The Morgan fingerprint density at radius 2 is 2.24 bits per heavy atom. The lowest BCUT2D eigenvalue weighted by Crippen LogP contribution is -2.10. The maximum Gasteiger partial charge on any atom is 0.252 e. The first-order valence-corrected chi connectivity index (χ1v) is 6.72. The van der Waals surface area contributed by atoms with E-state index in [-0.39, 0.29) is 17.3 Å². The van der Waals surface area contributed by atoms with E-state index in [0.29, 0.717) is 21.5 Å². The van der Waals surface area contributed by atoms with E-state index in [9.17, 15) is 9.90 Å². The summed E-state index contributed by atoms with van der Waals surface area (Å²) >= 11 is 3.35. The Morgan fingerprint density at radius 3 is 2.90 bits per heavy atom. The Morgan fingerprint density at radius 1 is 1.48 bits per heavy atom. The quantitative estimate of drug-likeness (QED) is 0.577. The summed E-state index contributed by atoms with van der Waals surface area (Å²) in [6.45, 7) is 1.71. The fourth-order valence-electron chi connectivity index (χ4n) is 1.62. The molecule has 0 atom stereocenters. The van der Waals surface area contributed by atoms with Crippen LogP contribution >= 0.6 is 15.9 Å². The number of hydrogen-bond donors (Lipinski definition) is 3. The first-order chi connectivity index (χ1) is 9.99. The molecule has 2 aromatic rings. The Labute approximate surface area is 128 Å². The Hall–Kier alpha value is -2.35. The second kappa shape index (κ2) is 6.40. The maximum absolute atomic E-state index is 11.3. The van der Waals surface area contributed by atoms with Crippen LogP contribution in [0, 0.1) is 6.92 Å². The minimum atomic E-state index is -0.261. The molecule has 0 saturated heterocycles. The van der Waals surface area contributed by atoms with Crippen LogP contribution in [0.2, 0.25) is 0 Å². The fraction of sp³-hybridized carbons (Fsp3) is 0.154. The smallest absolute Gasteiger partial charge is 0.252 e. The molecule has 1 aromatic carbocycles.